The summed E-state index contributed by atoms with van der Waals surface area (Å²) in [6.07, 6.45) is 3.45. The van der Waals surface area contributed by atoms with E-state index in [1.54, 1.807) is 6.07 Å². The second kappa shape index (κ2) is 3.82. The maximum atomic E-state index is 10.8. The molecule has 4 nitrogen and oxygen atoms in total. The topological polar surface area (TPSA) is 76.2 Å². The largest absolute Gasteiger partial charge is 0.396 e. The number of aliphatic hydroxyl groups is 1. The number of hydrogen-bond donors (Lipinski definition) is 2. The highest BCUT2D eigenvalue weighted by Gasteiger charge is 2.05. The highest BCUT2D eigenvalue weighted by molar-refractivity contribution is 5.94. The van der Waals surface area contributed by atoms with Crippen molar-refractivity contribution in [2.45, 2.75) is 6.42 Å². The van der Waals surface area contributed by atoms with E-state index < -0.39 is 5.91 Å². The third kappa shape index (κ3) is 1.79. The molecule has 0 aliphatic carbocycles. The van der Waals surface area contributed by atoms with Gasteiger partial charge in [-0.15, -0.1) is 0 Å². The Bertz CT molecular complexity index is 286. The third-order valence-electron chi connectivity index (χ3n) is 1.55. The molecule has 0 saturated heterocycles. The summed E-state index contributed by atoms with van der Waals surface area (Å²) in [5.41, 5.74) is 6.21. The van der Waals surface area contributed by atoms with Crippen molar-refractivity contribution in [1.29, 1.82) is 0 Å². The minimum Gasteiger partial charge on any atom is -0.396 e. The third-order valence-corrected chi connectivity index (χ3v) is 1.55. The molecular weight excluding hydrogens is 156 g/mol. The van der Waals surface area contributed by atoms with Crippen molar-refractivity contribution >= 4 is 5.91 Å². The van der Waals surface area contributed by atoms with Gasteiger partial charge in [0.2, 0.25) is 5.91 Å². The number of aromatic nitrogens is 1. The van der Waals surface area contributed by atoms with Gasteiger partial charge in [0.25, 0.3) is 0 Å². The zero-order chi connectivity index (χ0) is 8.97. The lowest BCUT2D eigenvalue weighted by Crippen LogP contribution is -2.14. The molecule has 0 aliphatic heterocycles. The monoisotopic (exact) mass is 166 g/mol. The minimum atomic E-state index is -0.485. The van der Waals surface area contributed by atoms with E-state index in [2.05, 4.69) is 4.98 Å². The maximum Gasteiger partial charge on any atom is 0.249 e. The van der Waals surface area contributed by atoms with E-state index in [-0.39, 0.29) is 6.61 Å². The molecule has 64 valence electrons. The Morgan fingerprint density at radius 1 is 1.67 bits per heavy atom. The van der Waals surface area contributed by atoms with Gasteiger partial charge < -0.3 is 10.8 Å². The van der Waals surface area contributed by atoms with Crippen LogP contribution in [0.2, 0.25) is 0 Å². The number of carbonyl (C=O) groups is 1. The summed E-state index contributed by atoms with van der Waals surface area (Å²) < 4.78 is 0. The van der Waals surface area contributed by atoms with Crippen molar-refractivity contribution in [1.82, 2.24) is 4.98 Å². The highest BCUT2D eigenvalue weighted by atomic mass is 16.3. The van der Waals surface area contributed by atoms with Crippen LogP contribution in [0.25, 0.3) is 0 Å². The SMILES string of the molecule is NC(=O)c1ccncc1CCO. The summed E-state index contributed by atoms with van der Waals surface area (Å²) in [5.74, 6) is -0.485. The summed E-state index contributed by atoms with van der Waals surface area (Å²) >= 11 is 0. The normalized spacial score (nSPS) is 9.75. The molecule has 0 fully saturated rings. The first kappa shape index (κ1) is 8.67. The molecular formula is C8H10N2O2. The highest BCUT2D eigenvalue weighted by Crippen LogP contribution is 2.05. The van der Waals surface area contributed by atoms with E-state index in [1.807, 2.05) is 0 Å². The van der Waals surface area contributed by atoms with Gasteiger partial charge in [-0.25, -0.2) is 0 Å². The molecule has 0 unspecified atom stereocenters. The minimum absolute atomic E-state index is 0.00796. The van der Waals surface area contributed by atoms with Crippen LogP contribution in [0.4, 0.5) is 0 Å². The molecule has 0 atom stereocenters. The van der Waals surface area contributed by atoms with Crippen molar-refractivity contribution in [2.24, 2.45) is 5.73 Å². The van der Waals surface area contributed by atoms with Gasteiger partial charge in [-0.2, -0.15) is 0 Å². The van der Waals surface area contributed by atoms with Gasteiger partial charge in [0.15, 0.2) is 0 Å². The van der Waals surface area contributed by atoms with Gasteiger partial charge in [0, 0.05) is 24.6 Å². The summed E-state index contributed by atoms with van der Waals surface area (Å²) in [6.45, 7) is -0.00796. The van der Waals surface area contributed by atoms with Crippen LogP contribution in [0, 0.1) is 0 Å². The molecule has 0 bridgehead atoms. The van der Waals surface area contributed by atoms with E-state index in [0.717, 1.165) is 0 Å². The fraction of sp³-hybridized carbons (Fsp3) is 0.250. The molecule has 3 N–H and O–H groups in total. The van der Waals surface area contributed by atoms with Crippen molar-refractivity contribution in [3.8, 4) is 0 Å². The number of aliphatic hydroxyl groups excluding tert-OH is 1. The lowest BCUT2D eigenvalue weighted by atomic mass is 10.1. The lowest BCUT2D eigenvalue weighted by Gasteiger charge is -2.02. The van der Waals surface area contributed by atoms with Gasteiger partial charge in [0.1, 0.15) is 0 Å². The van der Waals surface area contributed by atoms with Crippen molar-refractivity contribution in [2.75, 3.05) is 6.61 Å². The van der Waals surface area contributed by atoms with Crippen LogP contribution < -0.4 is 5.73 Å². The quantitative estimate of drug-likeness (QED) is 0.648. The maximum absolute atomic E-state index is 10.8. The smallest absolute Gasteiger partial charge is 0.249 e. The Kier molecular flexibility index (Phi) is 2.76. The van der Waals surface area contributed by atoms with Crippen molar-refractivity contribution < 1.29 is 9.90 Å². The molecule has 1 heterocycles. The number of nitrogens with two attached hydrogens (primary N) is 1. The summed E-state index contributed by atoms with van der Waals surface area (Å²) in [5, 5.41) is 8.65. The number of hydrogen-bond acceptors (Lipinski definition) is 3. The predicted molar refractivity (Wildman–Crippen MR) is 43.5 cm³/mol. The van der Waals surface area contributed by atoms with Crippen LogP contribution in [-0.2, 0) is 6.42 Å². The van der Waals surface area contributed by atoms with E-state index >= 15 is 0 Å². The predicted octanol–water partition coefficient (Wildman–Crippen LogP) is -0.285. The summed E-state index contributed by atoms with van der Waals surface area (Å²) in [7, 11) is 0. The van der Waals surface area contributed by atoms with E-state index in [1.165, 1.54) is 12.4 Å². The zero-order valence-electron chi connectivity index (χ0n) is 6.53. The molecule has 0 radical (unpaired) electrons. The number of primary amides is 1. The second-order valence-corrected chi connectivity index (χ2v) is 2.37. The van der Waals surface area contributed by atoms with E-state index in [9.17, 15) is 4.79 Å². The van der Waals surface area contributed by atoms with Gasteiger partial charge in [-0.1, -0.05) is 0 Å². The average molecular weight is 166 g/mol. The molecule has 1 rings (SSSR count). The summed E-state index contributed by atoms with van der Waals surface area (Å²) in [4.78, 5) is 14.6. The number of rotatable bonds is 3. The molecule has 1 aromatic heterocycles. The van der Waals surface area contributed by atoms with Gasteiger partial charge >= 0.3 is 0 Å². The Hall–Kier alpha value is -1.42. The van der Waals surface area contributed by atoms with Crippen LogP contribution in [0.15, 0.2) is 18.5 Å². The van der Waals surface area contributed by atoms with Crippen LogP contribution in [0.3, 0.4) is 0 Å². The van der Waals surface area contributed by atoms with Gasteiger partial charge in [-0.05, 0) is 18.1 Å². The summed E-state index contributed by atoms with van der Waals surface area (Å²) in [6, 6.07) is 1.55. The number of nitrogens with zero attached hydrogens (tertiary/aromatic N) is 1. The molecule has 0 saturated carbocycles. The zero-order valence-corrected chi connectivity index (χ0v) is 6.53. The van der Waals surface area contributed by atoms with Crippen molar-refractivity contribution in [3.05, 3.63) is 29.6 Å². The average Bonchev–Trinajstić information content (AvgIpc) is 2.05. The Balaban J connectivity index is 3.00. The van der Waals surface area contributed by atoms with Crippen LogP contribution in [0.5, 0.6) is 0 Å². The van der Waals surface area contributed by atoms with Gasteiger partial charge in [-0.3, -0.25) is 9.78 Å². The molecule has 0 spiro atoms. The molecule has 1 aromatic rings. The van der Waals surface area contributed by atoms with Crippen LogP contribution in [-0.4, -0.2) is 22.6 Å². The van der Waals surface area contributed by atoms with Crippen LogP contribution in [0.1, 0.15) is 15.9 Å². The van der Waals surface area contributed by atoms with Gasteiger partial charge in [0.05, 0.1) is 0 Å². The molecule has 4 heteroatoms. The molecule has 0 aromatic carbocycles. The van der Waals surface area contributed by atoms with E-state index in [0.29, 0.717) is 17.5 Å². The molecule has 1 amide bonds. The number of carbonyl (C=O) groups excluding carboxylic acids is 1. The first-order valence-electron chi connectivity index (χ1n) is 3.59. The Morgan fingerprint density at radius 3 is 3.00 bits per heavy atom. The number of amides is 1. The first-order chi connectivity index (χ1) is 5.75. The van der Waals surface area contributed by atoms with Crippen LogP contribution >= 0.6 is 0 Å². The fourth-order valence-corrected chi connectivity index (χ4v) is 0.987. The lowest BCUT2D eigenvalue weighted by molar-refractivity contribution is 0.0999. The second-order valence-electron chi connectivity index (χ2n) is 2.37. The fourth-order valence-electron chi connectivity index (χ4n) is 0.987. The number of pyridine rings is 1. The molecule has 0 aliphatic rings. The van der Waals surface area contributed by atoms with Crippen molar-refractivity contribution in [3.63, 3.8) is 0 Å². The Labute approximate surface area is 70.0 Å². The Morgan fingerprint density at radius 2 is 2.42 bits per heavy atom. The molecule has 12 heavy (non-hydrogen) atoms. The van der Waals surface area contributed by atoms with E-state index in [4.69, 9.17) is 10.8 Å². The first-order valence-corrected chi connectivity index (χ1v) is 3.59. The standard InChI is InChI=1S/C8H10N2O2/c9-8(12)7-1-3-10-5-6(7)2-4-11/h1,3,5,11H,2,4H2,(H2,9,12).